The zero-order valence-electron chi connectivity index (χ0n) is 14.7. The molecule has 15 heteroatoms. The first-order valence-corrected chi connectivity index (χ1v) is 8.72. The van der Waals surface area contributed by atoms with Crippen LogP contribution in [-0.4, -0.2) is 66.2 Å². The molecule has 0 aliphatic heterocycles. The number of rotatable bonds is 9. The zero-order valence-corrected chi connectivity index (χ0v) is 15.5. The third-order valence-electron chi connectivity index (χ3n) is 3.16. The van der Waals surface area contributed by atoms with E-state index in [1.54, 1.807) is 0 Å². The van der Waals surface area contributed by atoms with Gasteiger partial charge in [0.15, 0.2) is 0 Å². The number of ether oxygens (including phenoxy) is 2. The van der Waals surface area contributed by atoms with Gasteiger partial charge in [0, 0.05) is 12.6 Å². The summed E-state index contributed by atoms with van der Waals surface area (Å²) in [6.45, 7) is 2.76. The summed E-state index contributed by atoms with van der Waals surface area (Å²) in [5.74, 6) is -11.7. The van der Waals surface area contributed by atoms with Gasteiger partial charge in [-0.3, -0.25) is 9.35 Å². The highest BCUT2D eigenvalue weighted by Gasteiger charge is 2.69. The Morgan fingerprint density at radius 2 is 1.64 bits per heavy atom. The lowest BCUT2D eigenvalue weighted by atomic mass is 10.1. The molecule has 0 saturated carbocycles. The molecule has 0 spiro atoms. The first-order valence-electron chi connectivity index (χ1n) is 7.28. The van der Waals surface area contributed by atoms with Crippen molar-refractivity contribution in [3.63, 3.8) is 0 Å². The summed E-state index contributed by atoms with van der Waals surface area (Å²) in [5, 5.41) is -5.32. The number of carbonyl (C=O) groups is 2. The SMILES string of the molecule is C=C(F)C(=O)OC(OCC(F)(F)S(=O)(=O)O)(C(=O)N(CC)C(C)C)C(F)(F)F. The quantitative estimate of drug-likeness (QED) is 0.190. The van der Waals surface area contributed by atoms with Crippen LogP contribution in [-0.2, 0) is 29.2 Å². The van der Waals surface area contributed by atoms with Crippen LogP contribution < -0.4 is 0 Å². The molecule has 0 aromatic rings. The topological polar surface area (TPSA) is 110 Å². The second-order valence-corrected chi connectivity index (χ2v) is 7.04. The van der Waals surface area contributed by atoms with Crippen molar-refractivity contribution in [2.45, 2.75) is 44.0 Å². The van der Waals surface area contributed by atoms with Crippen LogP contribution in [0.15, 0.2) is 12.4 Å². The highest BCUT2D eigenvalue weighted by molar-refractivity contribution is 7.86. The lowest BCUT2D eigenvalue weighted by Gasteiger charge is -2.38. The van der Waals surface area contributed by atoms with Crippen molar-refractivity contribution in [1.29, 1.82) is 0 Å². The maximum absolute atomic E-state index is 13.6. The Labute approximate surface area is 155 Å². The minimum absolute atomic E-state index is 0.382. The molecule has 1 amide bonds. The fraction of sp³-hybridized carbons (Fsp3) is 0.692. The Balaban J connectivity index is 6.47. The Bertz CT molecular complexity index is 721. The summed E-state index contributed by atoms with van der Waals surface area (Å²) >= 11 is 0. The highest BCUT2D eigenvalue weighted by atomic mass is 32.2. The first kappa shape index (κ1) is 26.1. The van der Waals surface area contributed by atoms with Gasteiger partial charge in [0.05, 0.1) is 0 Å². The molecule has 1 N–H and O–H groups in total. The van der Waals surface area contributed by atoms with E-state index >= 15 is 0 Å². The van der Waals surface area contributed by atoms with Crippen molar-refractivity contribution in [3.8, 4) is 0 Å². The number of carbonyl (C=O) groups excluding carboxylic acids is 2. The van der Waals surface area contributed by atoms with Crippen LogP contribution in [0.2, 0.25) is 0 Å². The molecule has 164 valence electrons. The third-order valence-corrected chi connectivity index (χ3v) is 4.03. The van der Waals surface area contributed by atoms with E-state index in [-0.39, 0.29) is 0 Å². The van der Waals surface area contributed by atoms with Gasteiger partial charge in [-0.25, -0.2) is 4.79 Å². The average molecular weight is 445 g/mol. The van der Waals surface area contributed by atoms with Crippen LogP contribution in [0.25, 0.3) is 0 Å². The van der Waals surface area contributed by atoms with E-state index in [2.05, 4.69) is 16.1 Å². The Morgan fingerprint density at radius 1 is 1.18 bits per heavy atom. The van der Waals surface area contributed by atoms with Crippen LogP contribution in [0.3, 0.4) is 0 Å². The molecule has 0 heterocycles. The zero-order chi connectivity index (χ0) is 22.7. The van der Waals surface area contributed by atoms with Gasteiger partial charge in [-0.15, -0.1) is 0 Å². The molecule has 1 unspecified atom stereocenters. The highest BCUT2D eigenvalue weighted by Crippen LogP contribution is 2.39. The fourth-order valence-electron chi connectivity index (χ4n) is 1.77. The maximum atomic E-state index is 13.6. The number of esters is 1. The molecule has 1 atom stereocenters. The summed E-state index contributed by atoms with van der Waals surface area (Å²) in [4.78, 5) is 24.1. The van der Waals surface area contributed by atoms with Crippen LogP contribution in [0.4, 0.5) is 26.3 Å². The Hall–Kier alpha value is -1.87. The molecule has 0 aliphatic rings. The summed E-state index contributed by atoms with van der Waals surface area (Å²) in [6.07, 6.45) is -6.06. The molecule has 0 radical (unpaired) electrons. The number of nitrogens with zero attached hydrogens (tertiary/aromatic N) is 1. The second kappa shape index (κ2) is 8.65. The van der Waals surface area contributed by atoms with Gasteiger partial charge in [-0.2, -0.15) is 34.8 Å². The molecule has 8 nitrogen and oxygen atoms in total. The van der Waals surface area contributed by atoms with Gasteiger partial charge in [0.1, 0.15) is 6.61 Å². The van der Waals surface area contributed by atoms with Crippen molar-refractivity contribution in [3.05, 3.63) is 12.4 Å². The van der Waals surface area contributed by atoms with Crippen LogP contribution >= 0.6 is 0 Å². The van der Waals surface area contributed by atoms with Crippen LogP contribution in [0.5, 0.6) is 0 Å². The van der Waals surface area contributed by atoms with Crippen LogP contribution in [0.1, 0.15) is 20.8 Å². The molecule has 0 fully saturated rings. The monoisotopic (exact) mass is 445 g/mol. The molecule has 0 rings (SSSR count). The molecular formula is C13H17F6NO7S. The van der Waals surface area contributed by atoms with E-state index < -0.39 is 64.2 Å². The smallest absolute Gasteiger partial charge is 0.410 e. The van der Waals surface area contributed by atoms with Crippen molar-refractivity contribution in [2.75, 3.05) is 13.2 Å². The summed E-state index contributed by atoms with van der Waals surface area (Å²) in [5.41, 5.74) is 0. The summed E-state index contributed by atoms with van der Waals surface area (Å²) in [6, 6.07) is -1.00. The predicted molar refractivity (Wildman–Crippen MR) is 80.1 cm³/mol. The predicted octanol–water partition coefficient (Wildman–Crippen LogP) is 2.03. The summed E-state index contributed by atoms with van der Waals surface area (Å²) in [7, 11) is -6.27. The number of amides is 1. The van der Waals surface area contributed by atoms with Crippen molar-refractivity contribution >= 4 is 22.0 Å². The van der Waals surface area contributed by atoms with E-state index in [0.29, 0.717) is 4.90 Å². The molecule has 0 saturated heterocycles. The number of halogens is 6. The van der Waals surface area contributed by atoms with Gasteiger partial charge >= 0.3 is 39.2 Å². The van der Waals surface area contributed by atoms with E-state index in [1.807, 2.05) is 0 Å². The molecule has 0 bridgehead atoms. The Kier molecular flexibility index (Phi) is 8.07. The van der Waals surface area contributed by atoms with E-state index in [1.165, 1.54) is 20.8 Å². The molecule has 0 aromatic carbocycles. The normalized spacial score (nSPS) is 15.1. The van der Waals surface area contributed by atoms with Gasteiger partial charge in [-0.1, -0.05) is 6.58 Å². The fourth-order valence-corrected chi connectivity index (χ4v) is 1.98. The number of hydrogen-bond donors (Lipinski definition) is 1. The molecule has 0 aromatic heterocycles. The standard InChI is InChI=1S/C13H17F6NO7S/c1-5-20(7(2)3)10(22)12(13(17,18)19,27-9(21)8(4)14)26-6-11(15,16)28(23,24)25/h7H,4-6H2,1-3H3,(H,23,24,25). The van der Waals surface area contributed by atoms with E-state index in [9.17, 15) is 44.3 Å². The van der Waals surface area contributed by atoms with Crippen LogP contribution in [0, 0.1) is 0 Å². The Morgan fingerprint density at radius 3 is 1.93 bits per heavy atom. The van der Waals surface area contributed by atoms with E-state index in [4.69, 9.17) is 4.55 Å². The number of alkyl halides is 5. The van der Waals surface area contributed by atoms with Gasteiger partial charge in [-0.05, 0) is 20.8 Å². The summed E-state index contributed by atoms with van der Waals surface area (Å²) < 4.78 is 117. The van der Waals surface area contributed by atoms with Gasteiger partial charge < -0.3 is 14.4 Å². The van der Waals surface area contributed by atoms with Gasteiger partial charge in [0.2, 0.25) is 5.83 Å². The maximum Gasteiger partial charge on any atom is 0.466 e. The lowest BCUT2D eigenvalue weighted by Crippen LogP contribution is -2.64. The van der Waals surface area contributed by atoms with Gasteiger partial charge in [0.25, 0.3) is 0 Å². The average Bonchev–Trinajstić information content (AvgIpc) is 2.48. The van der Waals surface area contributed by atoms with Crippen molar-refractivity contribution in [2.24, 2.45) is 0 Å². The molecule has 28 heavy (non-hydrogen) atoms. The van der Waals surface area contributed by atoms with E-state index in [0.717, 1.165) is 0 Å². The van der Waals surface area contributed by atoms with Crippen molar-refractivity contribution in [1.82, 2.24) is 4.90 Å². The van der Waals surface area contributed by atoms with Crippen molar-refractivity contribution < 1.29 is 58.4 Å². The minimum Gasteiger partial charge on any atom is -0.410 e. The molecule has 0 aliphatic carbocycles. The third kappa shape index (κ3) is 5.57. The minimum atomic E-state index is -6.27. The lowest BCUT2D eigenvalue weighted by molar-refractivity contribution is -0.356. The first-order chi connectivity index (χ1) is 12.3. The second-order valence-electron chi connectivity index (χ2n) is 5.49. The number of likely N-dealkylation sites (N-methyl/N-ethyl adjacent to an activating group) is 1. The number of hydrogen-bond acceptors (Lipinski definition) is 6. The molecular weight excluding hydrogens is 428 g/mol. The largest absolute Gasteiger partial charge is 0.466 e.